The molecule has 0 bridgehead atoms. The molecular formula is C24H18INO2S. The van der Waals surface area contributed by atoms with Crippen LogP contribution < -0.4 is 4.90 Å². The van der Waals surface area contributed by atoms with Crippen molar-refractivity contribution in [2.45, 2.75) is 13.0 Å². The Bertz CT molecular complexity index is 1140. The minimum Gasteiger partial charge on any atom is -0.307 e. The smallest absolute Gasteiger partial charge is 0.235 e. The molecule has 0 aliphatic heterocycles. The highest BCUT2D eigenvalue weighted by molar-refractivity contribution is 14.1. The van der Waals surface area contributed by atoms with Crippen LogP contribution >= 0.6 is 33.9 Å². The predicted molar refractivity (Wildman–Crippen MR) is 128 cm³/mol. The van der Waals surface area contributed by atoms with Crippen molar-refractivity contribution in [2.75, 3.05) is 4.90 Å². The van der Waals surface area contributed by atoms with E-state index in [1.165, 1.54) is 11.3 Å². The minimum atomic E-state index is -0.194. The quantitative estimate of drug-likeness (QED) is 0.173. The van der Waals surface area contributed by atoms with Crippen LogP contribution in [0.3, 0.4) is 0 Å². The van der Waals surface area contributed by atoms with E-state index in [2.05, 4.69) is 22.6 Å². The molecule has 3 aromatic carbocycles. The van der Waals surface area contributed by atoms with Gasteiger partial charge in [0.2, 0.25) is 5.91 Å². The normalized spacial score (nSPS) is 10.8. The molecule has 1 heterocycles. The standard InChI is InChI=1S/C24H18INO2S/c25-19-11-5-6-12-20(19)26(16-17-8-2-1-3-9-17)24(28)15-21(27)23-14-18-10-4-7-13-22(18)29-23/h1-14H,15-16H2. The fraction of sp³-hybridized carbons (Fsp3) is 0.0833. The Labute approximate surface area is 187 Å². The summed E-state index contributed by atoms with van der Waals surface area (Å²) >= 11 is 3.67. The fourth-order valence-corrected chi connectivity index (χ4v) is 4.86. The number of Topliss-reactive ketones (excluding diaryl/α,β-unsaturated/α-hetero) is 1. The lowest BCUT2D eigenvalue weighted by Crippen LogP contribution is -2.32. The number of fused-ring (bicyclic) bond motifs is 1. The summed E-state index contributed by atoms with van der Waals surface area (Å²) in [5.74, 6) is -0.333. The third kappa shape index (κ3) is 4.57. The Morgan fingerprint density at radius 3 is 2.31 bits per heavy atom. The lowest BCUT2D eigenvalue weighted by atomic mass is 10.1. The van der Waals surface area contributed by atoms with Crippen LogP contribution in [0.15, 0.2) is 84.9 Å². The van der Waals surface area contributed by atoms with Gasteiger partial charge in [0, 0.05) is 8.27 Å². The summed E-state index contributed by atoms with van der Waals surface area (Å²) in [4.78, 5) is 28.4. The van der Waals surface area contributed by atoms with Gasteiger partial charge in [0.15, 0.2) is 5.78 Å². The molecule has 144 valence electrons. The number of carbonyl (C=O) groups is 2. The zero-order valence-electron chi connectivity index (χ0n) is 15.5. The zero-order chi connectivity index (χ0) is 20.2. The van der Waals surface area contributed by atoms with Crippen molar-refractivity contribution in [1.82, 2.24) is 0 Å². The number of anilines is 1. The molecule has 0 atom stereocenters. The molecule has 5 heteroatoms. The van der Waals surface area contributed by atoms with Crippen LogP contribution in [-0.2, 0) is 11.3 Å². The van der Waals surface area contributed by atoms with Gasteiger partial charge in [-0.1, -0.05) is 60.7 Å². The first-order valence-electron chi connectivity index (χ1n) is 9.22. The molecule has 0 saturated carbocycles. The van der Waals surface area contributed by atoms with E-state index in [-0.39, 0.29) is 18.1 Å². The average Bonchev–Trinajstić information content (AvgIpc) is 3.18. The number of ketones is 1. The van der Waals surface area contributed by atoms with Crippen molar-refractivity contribution in [3.8, 4) is 0 Å². The van der Waals surface area contributed by atoms with E-state index in [0.717, 1.165) is 24.9 Å². The molecule has 4 aromatic rings. The van der Waals surface area contributed by atoms with Gasteiger partial charge >= 0.3 is 0 Å². The van der Waals surface area contributed by atoms with E-state index in [4.69, 9.17) is 0 Å². The zero-order valence-corrected chi connectivity index (χ0v) is 18.5. The van der Waals surface area contributed by atoms with Crippen molar-refractivity contribution < 1.29 is 9.59 Å². The predicted octanol–water partition coefficient (Wildman–Crippen LogP) is 6.31. The molecule has 0 saturated heterocycles. The van der Waals surface area contributed by atoms with E-state index in [9.17, 15) is 9.59 Å². The first-order valence-corrected chi connectivity index (χ1v) is 11.1. The molecule has 0 spiro atoms. The Hall–Kier alpha value is -2.51. The number of thiophene rings is 1. The van der Waals surface area contributed by atoms with E-state index in [1.807, 2.05) is 84.9 Å². The van der Waals surface area contributed by atoms with E-state index in [1.54, 1.807) is 4.90 Å². The summed E-state index contributed by atoms with van der Waals surface area (Å²) in [6, 6.07) is 27.4. The number of rotatable bonds is 6. The van der Waals surface area contributed by atoms with Crippen molar-refractivity contribution >= 4 is 61.4 Å². The van der Waals surface area contributed by atoms with E-state index < -0.39 is 0 Å². The number of para-hydroxylation sites is 1. The number of amides is 1. The number of benzene rings is 3. The average molecular weight is 511 g/mol. The molecule has 0 N–H and O–H groups in total. The van der Waals surface area contributed by atoms with Crippen LogP contribution in [0.5, 0.6) is 0 Å². The molecular weight excluding hydrogens is 493 g/mol. The van der Waals surface area contributed by atoms with Crippen LogP contribution in [0.4, 0.5) is 5.69 Å². The van der Waals surface area contributed by atoms with Crippen LogP contribution in [0, 0.1) is 3.57 Å². The maximum atomic E-state index is 13.2. The van der Waals surface area contributed by atoms with Gasteiger partial charge in [0.25, 0.3) is 0 Å². The van der Waals surface area contributed by atoms with Gasteiger partial charge in [-0.3, -0.25) is 9.59 Å². The van der Waals surface area contributed by atoms with Gasteiger partial charge in [0.05, 0.1) is 23.5 Å². The van der Waals surface area contributed by atoms with Crippen LogP contribution in [0.1, 0.15) is 21.7 Å². The fourth-order valence-electron chi connectivity index (χ4n) is 3.18. The maximum Gasteiger partial charge on any atom is 0.235 e. The maximum absolute atomic E-state index is 13.2. The molecule has 0 aliphatic carbocycles. The van der Waals surface area contributed by atoms with Gasteiger partial charge in [0.1, 0.15) is 0 Å². The summed E-state index contributed by atoms with van der Waals surface area (Å²) in [5.41, 5.74) is 1.85. The lowest BCUT2D eigenvalue weighted by molar-refractivity contribution is -0.117. The molecule has 1 amide bonds. The highest BCUT2D eigenvalue weighted by atomic mass is 127. The highest BCUT2D eigenvalue weighted by Gasteiger charge is 2.22. The SMILES string of the molecule is O=C(CC(=O)N(Cc1ccccc1)c1ccccc1I)c1cc2ccccc2s1. The monoisotopic (exact) mass is 511 g/mol. The Morgan fingerprint density at radius 1 is 0.862 bits per heavy atom. The summed E-state index contributed by atoms with van der Waals surface area (Å²) in [6.45, 7) is 0.430. The Kier molecular flexibility index (Phi) is 6.06. The number of hydrogen-bond donors (Lipinski definition) is 0. The van der Waals surface area contributed by atoms with Gasteiger partial charge in [-0.05, 0) is 57.8 Å². The van der Waals surface area contributed by atoms with Crippen LogP contribution in [0.2, 0.25) is 0 Å². The van der Waals surface area contributed by atoms with Crippen LogP contribution in [0.25, 0.3) is 10.1 Å². The third-order valence-corrected chi connectivity index (χ3v) is 6.71. The van der Waals surface area contributed by atoms with Crippen molar-refractivity contribution in [3.63, 3.8) is 0 Å². The Morgan fingerprint density at radius 2 is 1.55 bits per heavy atom. The largest absolute Gasteiger partial charge is 0.307 e. The van der Waals surface area contributed by atoms with Gasteiger partial charge in [-0.2, -0.15) is 0 Å². The summed E-state index contributed by atoms with van der Waals surface area (Å²) in [7, 11) is 0. The number of nitrogens with zero attached hydrogens (tertiary/aromatic N) is 1. The molecule has 0 aliphatic rings. The van der Waals surface area contributed by atoms with Crippen molar-refractivity contribution in [3.05, 3.63) is 98.9 Å². The summed E-state index contributed by atoms with van der Waals surface area (Å²) in [5, 5.41) is 1.03. The molecule has 0 radical (unpaired) electrons. The van der Waals surface area contributed by atoms with Gasteiger partial charge in [-0.25, -0.2) is 0 Å². The second-order valence-electron chi connectivity index (χ2n) is 6.67. The first-order chi connectivity index (χ1) is 14.1. The highest BCUT2D eigenvalue weighted by Crippen LogP contribution is 2.28. The second kappa shape index (κ2) is 8.88. The molecule has 1 aromatic heterocycles. The van der Waals surface area contributed by atoms with E-state index >= 15 is 0 Å². The molecule has 3 nitrogen and oxygen atoms in total. The van der Waals surface area contributed by atoms with Gasteiger partial charge < -0.3 is 4.90 Å². The van der Waals surface area contributed by atoms with Crippen LogP contribution in [-0.4, -0.2) is 11.7 Å². The number of carbonyl (C=O) groups excluding carboxylic acids is 2. The number of halogens is 1. The first kappa shape index (κ1) is 19.8. The van der Waals surface area contributed by atoms with E-state index in [0.29, 0.717) is 11.4 Å². The third-order valence-electron chi connectivity index (χ3n) is 4.64. The molecule has 0 fully saturated rings. The molecule has 4 rings (SSSR count). The van der Waals surface area contributed by atoms with Crippen molar-refractivity contribution in [2.24, 2.45) is 0 Å². The number of hydrogen-bond acceptors (Lipinski definition) is 3. The summed E-state index contributed by atoms with van der Waals surface area (Å²) in [6.07, 6.45) is -0.148. The summed E-state index contributed by atoms with van der Waals surface area (Å²) < 4.78 is 2.03. The van der Waals surface area contributed by atoms with Crippen molar-refractivity contribution in [1.29, 1.82) is 0 Å². The molecule has 29 heavy (non-hydrogen) atoms. The lowest BCUT2D eigenvalue weighted by Gasteiger charge is -2.24. The minimum absolute atomic E-state index is 0.139. The second-order valence-corrected chi connectivity index (χ2v) is 8.91. The topological polar surface area (TPSA) is 37.4 Å². The molecule has 0 unspecified atom stereocenters. The Balaban J connectivity index is 1.60. The van der Waals surface area contributed by atoms with Gasteiger partial charge in [-0.15, -0.1) is 11.3 Å².